The van der Waals surface area contributed by atoms with Crippen LogP contribution in [0.15, 0.2) is 42.6 Å². The first-order chi connectivity index (χ1) is 9.56. The lowest BCUT2D eigenvalue weighted by Crippen LogP contribution is -2.03. The van der Waals surface area contributed by atoms with Crippen molar-refractivity contribution < 1.29 is 14.3 Å². The fourth-order valence-electron chi connectivity index (χ4n) is 1.98. The number of hydrogen-bond donors (Lipinski definition) is 1. The van der Waals surface area contributed by atoms with Gasteiger partial charge in [-0.3, -0.25) is 4.40 Å². The van der Waals surface area contributed by atoms with E-state index in [1.54, 1.807) is 24.4 Å². The topological polar surface area (TPSA) is 54.6 Å². The molecule has 0 unspecified atom stereocenters. The van der Waals surface area contributed by atoms with E-state index in [1.165, 1.54) is 22.6 Å². The zero-order chi connectivity index (χ0) is 14.3. The monoisotopic (exact) mass is 290 g/mol. The number of aromatic carboxylic acids is 1. The predicted molar refractivity (Wildman–Crippen MR) is 72.6 cm³/mol. The lowest BCUT2D eigenvalue weighted by Gasteiger charge is -1.98. The SMILES string of the molecule is O=C(O)c1cccc2nc(-c3ccc(F)c(Cl)c3)cn12. The summed E-state index contributed by atoms with van der Waals surface area (Å²) in [5.74, 6) is -1.55. The molecule has 3 rings (SSSR count). The summed E-state index contributed by atoms with van der Waals surface area (Å²) in [6.07, 6.45) is 1.59. The molecule has 0 saturated carbocycles. The van der Waals surface area contributed by atoms with Crippen LogP contribution in [-0.2, 0) is 0 Å². The Hall–Kier alpha value is -2.40. The first-order valence-electron chi connectivity index (χ1n) is 5.73. The molecule has 4 nitrogen and oxygen atoms in total. The molecule has 20 heavy (non-hydrogen) atoms. The van der Waals surface area contributed by atoms with Crippen LogP contribution in [0.5, 0.6) is 0 Å². The summed E-state index contributed by atoms with van der Waals surface area (Å²) in [6.45, 7) is 0. The van der Waals surface area contributed by atoms with Crippen LogP contribution in [0.1, 0.15) is 10.5 Å². The number of fused-ring (bicyclic) bond motifs is 1. The minimum Gasteiger partial charge on any atom is -0.477 e. The van der Waals surface area contributed by atoms with Gasteiger partial charge < -0.3 is 5.11 Å². The third-order valence-corrected chi connectivity index (χ3v) is 3.22. The quantitative estimate of drug-likeness (QED) is 0.786. The van der Waals surface area contributed by atoms with Crippen LogP contribution < -0.4 is 0 Å². The average molecular weight is 291 g/mol. The number of halogens is 2. The number of nitrogens with zero attached hydrogens (tertiary/aromatic N) is 2. The van der Waals surface area contributed by atoms with Crippen LogP contribution in [0.3, 0.4) is 0 Å². The second kappa shape index (κ2) is 4.61. The molecule has 0 amide bonds. The van der Waals surface area contributed by atoms with Gasteiger partial charge in [0.2, 0.25) is 0 Å². The smallest absolute Gasteiger partial charge is 0.352 e. The van der Waals surface area contributed by atoms with E-state index in [0.717, 1.165) is 0 Å². The zero-order valence-electron chi connectivity index (χ0n) is 10.0. The maximum absolute atomic E-state index is 13.2. The first-order valence-corrected chi connectivity index (χ1v) is 6.11. The van der Waals surface area contributed by atoms with Gasteiger partial charge in [0.15, 0.2) is 0 Å². The highest BCUT2D eigenvalue weighted by Crippen LogP contribution is 2.25. The number of aromatic nitrogens is 2. The second-order valence-corrected chi connectivity index (χ2v) is 4.61. The number of rotatable bonds is 2. The van der Waals surface area contributed by atoms with Crippen LogP contribution >= 0.6 is 11.6 Å². The van der Waals surface area contributed by atoms with Gasteiger partial charge in [-0.2, -0.15) is 0 Å². The van der Waals surface area contributed by atoms with Gasteiger partial charge >= 0.3 is 5.97 Å². The molecule has 100 valence electrons. The Morgan fingerprint density at radius 2 is 2.10 bits per heavy atom. The Balaban J connectivity index is 2.20. The largest absolute Gasteiger partial charge is 0.477 e. The molecule has 0 aliphatic heterocycles. The molecule has 0 spiro atoms. The van der Waals surface area contributed by atoms with Crippen molar-refractivity contribution in [2.24, 2.45) is 0 Å². The van der Waals surface area contributed by atoms with E-state index in [2.05, 4.69) is 4.98 Å². The van der Waals surface area contributed by atoms with Crippen molar-refractivity contribution in [1.29, 1.82) is 0 Å². The number of benzene rings is 1. The van der Waals surface area contributed by atoms with Gasteiger partial charge in [0.25, 0.3) is 0 Å². The number of pyridine rings is 1. The molecule has 2 aromatic heterocycles. The van der Waals surface area contributed by atoms with Crippen molar-refractivity contribution in [2.75, 3.05) is 0 Å². The molecule has 0 bridgehead atoms. The lowest BCUT2D eigenvalue weighted by molar-refractivity contribution is 0.0689. The minimum atomic E-state index is -1.04. The van der Waals surface area contributed by atoms with Gasteiger partial charge in [-0.05, 0) is 30.3 Å². The highest BCUT2D eigenvalue weighted by Gasteiger charge is 2.12. The molecule has 1 N–H and O–H groups in total. The number of hydrogen-bond acceptors (Lipinski definition) is 2. The van der Waals surface area contributed by atoms with Crippen LogP contribution in [0.4, 0.5) is 4.39 Å². The molecule has 6 heteroatoms. The normalized spacial score (nSPS) is 10.9. The number of carboxylic acids is 1. The van der Waals surface area contributed by atoms with Crippen molar-refractivity contribution in [2.45, 2.75) is 0 Å². The Morgan fingerprint density at radius 3 is 2.80 bits per heavy atom. The summed E-state index contributed by atoms with van der Waals surface area (Å²) in [6, 6.07) is 9.05. The standard InChI is InChI=1S/C14H8ClFN2O2/c15-9-6-8(4-5-10(9)16)11-7-18-12(14(19)20)2-1-3-13(18)17-11/h1-7H,(H,19,20). The fraction of sp³-hybridized carbons (Fsp3) is 0. The van der Waals surface area contributed by atoms with E-state index >= 15 is 0 Å². The molecule has 2 heterocycles. The van der Waals surface area contributed by atoms with Crippen molar-refractivity contribution in [1.82, 2.24) is 9.38 Å². The molecular formula is C14H8ClFN2O2. The van der Waals surface area contributed by atoms with Gasteiger partial charge in [0.05, 0.1) is 10.7 Å². The predicted octanol–water partition coefficient (Wildman–Crippen LogP) is 3.49. The van der Waals surface area contributed by atoms with E-state index in [9.17, 15) is 9.18 Å². The average Bonchev–Trinajstić information content (AvgIpc) is 2.85. The maximum atomic E-state index is 13.2. The Morgan fingerprint density at radius 1 is 1.30 bits per heavy atom. The van der Waals surface area contributed by atoms with Crippen molar-refractivity contribution >= 4 is 23.2 Å². The summed E-state index contributed by atoms with van der Waals surface area (Å²) in [4.78, 5) is 15.5. The van der Waals surface area contributed by atoms with Crippen LogP contribution in [-0.4, -0.2) is 20.5 Å². The van der Waals surface area contributed by atoms with Crippen molar-refractivity contribution in [3.05, 3.63) is 59.1 Å². The minimum absolute atomic E-state index is 0.00184. The highest BCUT2D eigenvalue weighted by molar-refractivity contribution is 6.31. The van der Waals surface area contributed by atoms with Gasteiger partial charge in [-0.1, -0.05) is 17.7 Å². The van der Waals surface area contributed by atoms with Gasteiger partial charge in [0.1, 0.15) is 17.2 Å². The molecule has 1 aromatic carbocycles. The van der Waals surface area contributed by atoms with Crippen molar-refractivity contribution in [3.63, 3.8) is 0 Å². The van der Waals surface area contributed by atoms with E-state index in [-0.39, 0.29) is 10.7 Å². The second-order valence-electron chi connectivity index (χ2n) is 4.20. The van der Waals surface area contributed by atoms with Crippen LogP contribution in [0, 0.1) is 5.82 Å². The molecule has 0 fully saturated rings. The lowest BCUT2D eigenvalue weighted by atomic mass is 10.2. The Bertz CT molecular complexity index is 829. The maximum Gasteiger partial charge on any atom is 0.352 e. The van der Waals surface area contributed by atoms with E-state index in [1.807, 2.05) is 0 Å². The van der Waals surface area contributed by atoms with Crippen LogP contribution in [0.25, 0.3) is 16.9 Å². The van der Waals surface area contributed by atoms with Gasteiger partial charge in [-0.25, -0.2) is 14.2 Å². The van der Waals surface area contributed by atoms with E-state index in [4.69, 9.17) is 16.7 Å². The van der Waals surface area contributed by atoms with Crippen LogP contribution in [0.2, 0.25) is 5.02 Å². The Labute approximate surface area is 118 Å². The summed E-state index contributed by atoms with van der Waals surface area (Å²) < 4.78 is 14.6. The first kappa shape index (κ1) is 12.6. The van der Waals surface area contributed by atoms with E-state index < -0.39 is 11.8 Å². The molecule has 0 aliphatic carbocycles. The summed E-state index contributed by atoms with van der Waals surface area (Å²) in [7, 11) is 0. The van der Waals surface area contributed by atoms with Gasteiger partial charge in [0, 0.05) is 11.8 Å². The Kier molecular flexibility index (Phi) is 2.91. The third-order valence-electron chi connectivity index (χ3n) is 2.93. The number of carboxylic acid groups (broad SMARTS) is 1. The molecule has 0 saturated heterocycles. The summed E-state index contributed by atoms with van der Waals surface area (Å²) in [5, 5.41) is 9.12. The van der Waals surface area contributed by atoms with Crippen molar-refractivity contribution in [3.8, 4) is 11.3 Å². The molecule has 3 aromatic rings. The van der Waals surface area contributed by atoms with E-state index in [0.29, 0.717) is 16.9 Å². The summed E-state index contributed by atoms with van der Waals surface area (Å²) >= 11 is 5.74. The fourth-order valence-corrected chi connectivity index (χ4v) is 2.16. The molecule has 0 atom stereocenters. The van der Waals surface area contributed by atoms with Gasteiger partial charge in [-0.15, -0.1) is 0 Å². The number of imidazole rings is 1. The zero-order valence-corrected chi connectivity index (χ0v) is 10.8. The molecule has 0 radical (unpaired) electrons. The molecular weight excluding hydrogens is 283 g/mol. The highest BCUT2D eigenvalue weighted by atomic mass is 35.5. The summed E-state index contributed by atoms with van der Waals surface area (Å²) in [5.41, 5.74) is 1.76. The third kappa shape index (κ3) is 2.02. The number of carbonyl (C=O) groups is 1. The molecule has 0 aliphatic rings.